The zero-order valence-electron chi connectivity index (χ0n) is 11.0. The first kappa shape index (κ1) is 14.4. The number of rotatable bonds is 2. The maximum absolute atomic E-state index is 12.2. The lowest BCUT2D eigenvalue weighted by Crippen LogP contribution is -2.54. The van der Waals surface area contributed by atoms with Gasteiger partial charge in [0.2, 0.25) is 10.0 Å². The van der Waals surface area contributed by atoms with Gasteiger partial charge in [-0.2, -0.15) is 9.57 Å². The Balaban J connectivity index is 2.69. The summed E-state index contributed by atoms with van der Waals surface area (Å²) in [7, 11) is -3.23. The Bertz CT molecular complexity index is 397. The van der Waals surface area contributed by atoms with Crippen molar-refractivity contribution >= 4 is 10.0 Å². The molecule has 0 aromatic carbocycles. The molecule has 1 unspecified atom stereocenters. The molecule has 0 aromatic rings. The van der Waals surface area contributed by atoms with Crippen LogP contribution in [0.25, 0.3) is 0 Å². The second-order valence-corrected chi connectivity index (χ2v) is 8.05. The van der Waals surface area contributed by atoms with Gasteiger partial charge in [0, 0.05) is 26.2 Å². The Kier molecular flexibility index (Phi) is 4.18. The molecular weight excluding hydrogens is 238 g/mol. The van der Waals surface area contributed by atoms with Gasteiger partial charge in [0.15, 0.2) is 0 Å². The van der Waals surface area contributed by atoms with Gasteiger partial charge in [-0.15, -0.1) is 0 Å². The topological polar surface area (TPSA) is 64.4 Å². The van der Waals surface area contributed by atoms with E-state index < -0.39 is 14.8 Å². The quantitative estimate of drug-likeness (QED) is 0.730. The third-order valence-electron chi connectivity index (χ3n) is 3.12. The third-order valence-corrected chi connectivity index (χ3v) is 5.71. The molecule has 0 radical (unpaired) electrons. The van der Waals surface area contributed by atoms with Crippen LogP contribution in [0.1, 0.15) is 27.7 Å². The fraction of sp³-hybridized carbons (Fsp3) is 0.909. The van der Waals surface area contributed by atoms with E-state index in [1.54, 1.807) is 20.8 Å². The van der Waals surface area contributed by atoms with Crippen molar-refractivity contribution in [3.05, 3.63) is 0 Å². The molecule has 0 aliphatic carbocycles. The summed E-state index contributed by atoms with van der Waals surface area (Å²) in [6.45, 7) is 9.20. The van der Waals surface area contributed by atoms with Crippen LogP contribution in [-0.4, -0.2) is 54.6 Å². The molecule has 6 heteroatoms. The summed E-state index contributed by atoms with van der Waals surface area (Å²) in [5.41, 5.74) is 0. The van der Waals surface area contributed by atoms with Crippen LogP contribution in [0, 0.1) is 11.3 Å². The van der Waals surface area contributed by atoms with Crippen molar-refractivity contribution in [2.24, 2.45) is 0 Å². The second-order valence-electron chi connectivity index (χ2n) is 5.36. The predicted octanol–water partition coefficient (Wildman–Crippen LogP) is 0.644. The molecule has 0 saturated carbocycles. The lowest BCUT2D eigenvalue weighted by Gasteiger charge is -2.38. The van der Waals surface area contributed by atoms with Crippen molar-refractivity contribution in [3.8, 4) is 6.07 Å². The molecule has 0 amide bonds. The predicted molar refractivity (Wildman–Crippen MR) is 66.9 cm³/mol. The van der Waals surface area contributed by atoms with Crippen LogP contribution in [0.2, 0.25) is 0 Å². The maximum Gasteiger partial charge on any atom is 0.219 e. The van der Waals surface area contributed by atoms with Crippen molar-refractivity contribution in [1.82, 2.24) is 9.21 Å². The Morgan fingerprint density at radius 3 is 2.00 bits per heavy atom. The van der Waals surface area contributed by atoms with Gasteiger partial charge in [0.05, 0.1) is 16.9 Å². The van der Waals surface area contributed by atoms with Gasteiger partial charge in [-0.25, -0.2) is 8.42 Å². The highest BCUT2D eigenvalue weighted by Crippen LogP contribution is 2.21. The SMILES string of the molecule is CC(C#N)N1CCN(S(=O)(=O)C(C)(C)C)CC1. The molecule has 1 aliphatic rings. The van der Waals surface area contributed by atoms with Crippen molar-refractivity contribution in [2.75, 3.05) is 26.2 Å². The molecule has 5 nitrogen and oxygen atoms in total. The van der Waals surface area contributed by atoms with Gasteiger partial charge >= 0.3 is 0 Å². The van der Waals surface area contributed by atoms with Crippen molar-refractivity contribution in [1.29, 1.82) is 5.26 Å². The zero-order valence-corrected chi connectivity index (χ0v) is 11.8. The van der Waals surface area contributed by atoms with E-state index in [2.05, 4.69) is 6.07 Å². The number of nitriles is 1. The summed E-state index contributed by atoms with van der Waals surface area (Å²) in [5, 5.41) is 8.82. The smallest absolute Gasteiger partial charge is 0.219 e. The molecule has 0 N–H and O–H groups in total. The van der Waals surface area contributed by atoms with Gasteiger partial charge in [-0.05, 0) is 27.7 Å². The molecule has 1 aliphatic heterocycles. The minimum atomic E-state index is -3.23. The molecule has 0 aromatic heterocycles. The van der Waals surface area contributed by atoms with E-state index >= 15 is 0 Å². The van der Waals surface area contributed by atoms with Crippen molar-refractivity contribution in [2.45, 2.75) is 38.5 Å². The summed E-state index contributed by atoms with van der Waals surface area (Å²) < 4.78 is 25.2. The Labute approximate surface area is 104 Å². The summed E-state index contributed by atoms with van der Waals surface area (Å²) in [6.07, 6.45) is 0. The van der Waals surface area contributed by atoms with E-state index in [1.807, 2.05) is 11.8 Å². The lowest BCUT2D eigenvalue weighted by molar-refractivity contribution is 0.168. The van der Waals surface area contributed by atoms with Crippen LogP contribution in [0.5, 0.6) is 0 Å². The largest absolute Gasteiger partial charge is 0.286 e. The van der Waals surface area contributed by atoms with Gasteiger partial charge in [-0.1, -0.05) is 0 Å². The number of piperazine rings is 1. The van der Waals surface area contributed by atoms with Crippen LogP contribution in [0.4, 0.5) is 0 Å². The second kappa shape index (κ2) is 4.92. The standard InChI is InChI=1S/C11H21N3O2S/c1-10(9-12)13-5-7-14(8-6-13)17(15,16)11(2,3)4/h10H,5-8H2,1-4H3. The van der Waals surface area contributed by atoms with Crippen LogP contribution in [-0.2, 0) is 10.0 Å². The van der Waals surface area contributed by atoms with Gasteiger partial charge in [0.1, 0.15) is 0 Å². The normalized spacial score (nSPS) is 22.1. The third kappa shape index (κ3) is 2.97. The molecule has 1 fully saturated rings. The average Bonchev–Trinajstić information content (AvgIpc) is 2.26. The van der Waals surface area contributed by atoms with E-state index in [0.717, 1.165) is 0 Å². The summed E-state index contributed by atoms with van der Waals surface area (Å²) in [6, 6.07) is 2.03. The van der Waals surface area contributed by atoms with Crippen molar-refractivity contribution < 1.29 is 8.42 Å². The first-order valence-electron chi connectivity index (χ1n) is 5.83. The van der Waals surface area contributed by atoms with E-state index in [-0.39, 0.29) is 6.04 Å². The molecule has 0 bridgehead atoms. The lowest BCUT2D eigenvalue weighted by atomic mass is 10.2. The van der Waals surface area contributed by atoms with E-state index in [0.29, 0.717) is 26.2 Å². The highest BCUT2D eigenvalue weighted by molar-refractivity contribution is 7.90. The molecule has 1 saturated heterocycles. The van der Waals surface area contributed by atoms with Crippen molar-refractivity contribution in [3.63, 3.8) is 0 Å². The van der Waals surface area contributed by atoms with E-state index in [4.69, 9.17) is 5.26 Å². The molecule has 17 heavy (non-hydrogen) atoms. The highest BCUT2D eigenvalue weighted by Gasteiger charge is 2.37. The molecular formula is C11H21N3O2S. The van der Waals surface area contributed by atoms with E-state index in [9.17, 15) is 8.42 Å². The molecule has 1 heterocycles. The fourth-order valence-corrected chi connectivity index (χ4v) is 3.22. The summed E-state index contributed by atoms with van der Waals surface area (Å²) in [5.74, 6) is 0. The van der Waals surface area contributed by atoms with Crippen LogP contribution in [0.15, 0.2) is 0 Å². The Morgan fingerprint density at radius 2 is 1.65 bits per heavy atom. The Morgan fingerprint density at radius 1 is 1.18 bits per heavy atom. The van der Waals surface area contributed by atoms with Gasteiger partial charge < -0.3 is 0 Å². The average molecular weight is 259 g/mol. The minimum Gasteiger partial charge on any atom is -0.286 e. The van der Waals surface area contributed by atoms with Gasteiger partial charge in [0.25, 0.3) is 0 Å². The zero-order chi connectivity index (χ0) is 13.3. The van der Waals surface area contributed by atoms with Gasteiger partial charge in [-0.3, -0.25) is 4.90 Å². The Hall–Kier alpha value is -0.640. The molecule has 1 atom stereocenters. The first-order valence-corrected chi connectivity index (χ1v) is 7.27. The summed E-state index contributed by atoms with van der Waals surface area (Å²) >= 11 is 0. The van der Waals surface area contributed by atoms with Crippen LogP contribution >= 0.6 is 0 Å². The van der Waals surface area contributed by atoms with Crippen LogP contribution in [0.3, 0.4) is 0 Å². The van der Waals surface area contributed by atoms with E-state index in [1.165, 1.54) is 4.31 Å². The number of hydrogen-bond acceptors (Lipinski definition) is 4. The maximum atomic E-state index is 12.2. The number of hydrogen-bond donors (Lipinski definition) is 0. The first-order chi connectivity index (χ1) is 7.70. The minimum absolute atomic E-state index is 0.144. The number of sulfonamides is 1. The number of nitrogens with zero attached hydrogens (tertiary/aromatic N) is 3. The molecule has 0 spiro atoms. The highest BCUT2D eigenvalue weighted by atomic mass is 32.2. The molecule has 1 rings (SSSR count). The monoisotopic (exact) mass is 259 g/mol. The van der Waals surface area contributed by atoms with Crippen LogP contribution < -0.4 is 0 Å². The summed E-state index contributed by atoms with van der Waals surface area (Å²) in [4.78, 5) is 2.01. The fourth-order valence-electron chi connectivity index (χ4n) is 1.80. The molecule has 98 valence electrons.